The quantitative estimate of drug-likeness (QED) is 0.829. The number of carbonyl (C=O) groups excluding carboxylic acids is 1. The van der Waals surface area contributed by atoms with Gasteiger partial charge in [-0.1, -0.05) is 30.3 Å². The summed E-state index contributed by atoms with van der Waals surface area (Å²) in [7, 11) is 0. The fourth-order valence-corrected chi connectivity index (χ4v) is 2.47. The van der Waals surface area contributed by atoms with Crippen LogP contribution in [0.1, 0.15) is 19.8 Å². The Balaban J connectivity index is 1.86. The van der Waals surface area contributed by atoms with Gasteiger partial charge in [0.25, 0.3) is 5.22 Å². The Hall–Kier alpha value is -1.20. The summed E-state index contributed by atoms with van der Waals surface area (Å²) in [5.74, 6) is 0.712. The van der Waals surface area contributed by atoms with Crippen LogP contribution in [0, 0.1) is 0 Å². The molecule has 0 spiro atoms. The Labute approximate surface area is 120 Å². The van der Waals surface area contributed by atoms with E-state index in [4.69, 9.17) is 16.0 Å². The van der Waals surface area contributed by atoms with E-state index in [1.54, 1.807) is 18.2 Å². The van der Waals surface area contributed by atoms with Gasteiger partial charge >= 0.3 is 0 Å². The van der Waals surface area contributed by atoms with Crippen LogP contribution in [0.2, 0.25) is 5.02 Å². The molecule has 1 aromatic heterocycles. The number of carbonyl (C=O) groups is 1. The molecule has 102 valence electrons. The van der Waals surface area contributed by atoms with Crippen molar-refractivity contribution in [1.29, 1.82) is 0 Å². The zero-order chi connectivity index (χ0) is 13.7. The van der Waals surface area contributed by atoms with Crippen molar-refractivity contribution in [3.8, 4) is 0 Å². The van der Waals surface area contributed by atoms with Gasteiger partial charge < -0.3 is 9.73 Å². The zero-order valence-electron chi connectivity index (χ0n) is 10.6. The van der Waals surface area contributed by atoms with E-state index in [2.05, 4.69) is 10.3 Å². The zero-order valence-corrected chi connectivity index (χ0v) is 12.2. The van der Waals surface area contributed by atoms with E-state index in [9.17, 15) is 4.79 Å². The minimum absolute atomic E-state index is 0.0634. The lowest BCUT2D eigenvalue weighted by molar-refractivity contribution is -0.120. The summed E-state index contributed by atoms with van der Waals surface area (Å²) in [6, 6.07) is 5.32. The molecule has 0 bridgehead atoms. The normalized spacial score (nSPS) is 10.8. The van der Waals surface area contributed by atoms with Crippen LogP contribution < -0.4 is 5.32 Å². The van der Waals surface area contributed by atoms with E-state index in [0.717, 1.165) is 18.5 Å². The standard InChI is InChI=1S/C13H15ClN2O2S/c1-2-6-15-12(17)5-7-19-13-16-10-8-9(14)3-4-11(10)18-13/h3-4,8H,2,5-7H2,1H3,(H,15,17). The highest BCUT2D eigenvalue weighted by atomic mass is 35.5. The molecule has 4 nitrogen and oxygen atoms in total. The van der Waals surface area contributed by atoms with Gasteiger partial charge in [0.05, 0.1) is 0 Å². The second-order valence-electron chi connectivity index (χ2n) is 4.04. The third-order valence-corrected chi connectivity index (χ3v) is 3.52. The molecule has 6 heteroatoms. The van der Waals surface area contributed by atoms with E-state index in [1.807, 2.05) is 6.92 Å². The molecule has 2 rings (SSSR count). The molecule has 1 N–H and O–H groups in total. The minimum Gasteiger partial charge on any atom is -0.431 e. The van der Waals surface area contributed by atoms with Crippen LogP contribution in [0.5, 0.6) is 0 Å². The molecule has 0 fully saturated rings. The van der Waals surface area contributed by atoms with E-state index in [0.29, 0.717) is 28.0 Å². The highest BCUT2D eigenvalue weighted by Crippen LogP contribution is 2.25. The Morgan fingerprint density at radius 2 is 2.37 bits per heavy atom. The summed E-state index contributed by atoms with van der Waals surface area (Å²) >= 11 is 7.31. The molecule has 19 heavy (non-hydrogen) atoms. The first-order chi connectivity index (χ1) is 9.19. The van der Waals surface area contributed by atoms with Crippen LogP contribution in [0.3, 0.4) is 0 Å². The van der Waals surface area contributed by atoms with Crippen molar-refractivity contribution in [2.24, 2.45) is 0 Å². The molecular weight excluding hydrogens is 284 g/mol. The summed E-state index contributed by atoms with van der Waals surface area (Å²) in [5.41, 5.74) is 1.45. The first-order valence-corrected chi connectivity index (χ1v) is 7.51. The smallest absolute Gasteiger partial charge is 0.256 e. The maximum absolute atomic E-state index is 11.4. The third-order valence-electron chi connectivity index (χ3n) is 2.46. The van der Waals surface area contributed by atoms with Crippen LogP contribution in [-0.4, -0.2) is 23.2 Å². The first kappa shape index (κ1) is 14.2. The summed E-state index contributed by atoms with van der Waals surface area (Å²) in [4.78, 5) is 15.7. The maximum atomic E-state index is 11.4. The molecule has 0 radical (unpaired) electrons. The van der Waals surface area contributed by atoms with Crippen LogP contribution >= 0.6 is 23.4 Å². The van der Waals surface area contributed by atoms with Gasteiger partial charge in [0, 0.05) is 23.7 Å². The van der Waals surface area contributed by atoms with Crippen molar-refractivity contribution in [1.82, 2.24) is 10.3 Å². The fraction of sp³-hybridized carbons (Fsp3) is 0.385. The van der Waals surface area contributed by atoms with Gasteiger partial charge in [-0.15, -0.1) is 0 Å². The van der Waals surface area contributed by atoms with Gasteiger partial charge in [0.15, 0.2) is 5.58 Å². The molecule has 0 saturated heterocycles. The predicted molar refractivity (Wildman–Crippen MR) is 77.7 cm³/mol. The Morgan fingerprint density at radius 3 is 3.16 bits per heavy atom. The molecule has 2 aromatic rings. The first-order valence-electron chi connectivity index (χ1n) is 6.14. The molecule has 1 amide bonds. The molecule has 1 aromatic carbocycles. The van der Waals surface area contributed by atoms with Gasteiger partial charge in [0.2, 0.25) is 5.91 Å². The summed E-state index contributed by atoms with van der Waals surface area (Å²) in [5, 5.41) is 4.04. The maximum Gasteiger partial charge on any atom is 0.256 e. The van der Waals surface area contributed by atoms with Gasteiger partial charge in [0.1, 0.15) is 5.52 Å². The average molecular weight is 299 g/mol. The highest BCUT2D eigenvalue weighted by molar-refractivity contribution is 7.99. The number of fused-ring (bicyclic) bond motifs is 1. The van der Waals surface area contributed by atoms with E-state index in [-0.39, 0.29) is 5.91 Å². The number of benzene rings is 1. The van der Waals surface area contributed by atoms with Gasteiger partial charge in [-0.25, -0.2) is 4.98 Å². The topological polar surface area (TPSA) is 55.1 Å². The Bertz CT molecular complexity index is 571. The molecule has 0 aliphatic heterocycles. The van der Waals surface area contributed by atoms with Gasteiger partial charge in [-0.05, 0) is 24.6 Å². The van der Waals surface area contributed by atoms with Crippen LogP contribution in [0.15, 0.2) is 27.8 Å². The number of oxazole rings is 1. The lowest BCUT2D eigenvalue weighted by Gasteiger charge is -2.01. The molecule has 0 aliphatic carbocycles. The van der Waals surface area contributed by atoms with Crippen molar-refractivity contribution in [2.45, 2.75) is 25.0 Å². The number of thioether (sulfide) groups is 1. The van der Waals surface area contributed by atoms with Crippen molar-refractivity contribution in [3.63, 3.8) is 0 Å². The molecular formula is C13H15ClN2O2S. The molecule has 0 saturated carbocycles. The van der Waals surface area contributed by atoms with E-state index >= 15 is 0 Å². The lowest BCUT2D eigenvalue weighted by atomic mass is 10.3. The minimum atomic E-state index is 0.0634. The number of rotatable bonds is 6. The number of halogens is 1. The fourth-order valence-electron chi connectivity index (χ4n) is 1.53. The number of aromatic nitrogens is 1. The van der Waals surface area contributed by atoms with Gasteiger partial charge in [-0.3, -0.25) is 4.79 Å². The second-order valence-corrected chi connectivity index (χ2v) is 5.52. The number of nitrogens with zero attached hydrogens (tertiary/aromatic N) is 1. The predicted octanol–water partition coefficient (Wildman–Crippen LogP) is 3.49. The van der Waals surface area contributed by atoms with Gasteiger partial charge in [-0.2, -0.15) is 0 Å². The molecule has 0 atom stereocenters. The SMILES string of the molecule is CCCNC(=O)CCSc1nc2cc(Cl)ccc2o1. The Kier molecular flexibility index (Phi) is 5.10. The summed E-state index contributed by atoms with van der Waals surface area (Å²) < 4.78 is 5.55. The Morgan fingerprint density at radius 1 is 1.53 bits per heavy atom. The van der Waals surface area contributed by atoms with Crippen molar-refractivity contribution in [2.75, 3.05) is 12.3 Å². The van der Waals surface area contributed by atoms with Crippen molar-refractivity contribution < 1.29 is 9.21 Å². The summed E-state index contributed by atoms with van der Waals surface area (Å²) in [6.07, 6.45) is 1.41. The number of amides is 1. The van der Waals surface area contributed by atoms with Crippen LogP contribution in [-0.2, 0) is 4.79 Å². The number of hydrogen-bond donors (Lipinski definition) is 1. The monoisotopic (exact) mass is 298 g/mol. The largest absolute Gasteiger partial charge is 0.431 e. The number of hydrogen-bond acceptors (Lipinski definition) is 4. The molecule has 1 heterocycles. The highest BCUT2D eigenvalue weighted by Gasteiger charge is 2.08. The van der Waals surface area contributed by atoms with Crippen LogP contribution in [0.25, 0.3) is 11.1 Å². The van der Waals surface area contributed by atoms with Crippen LogP contribution in [0.4, 0.5) is 0 Å². The molecule has 0 unspecified atom stereocenters. The lowest BCUT2D eigenvalue weighted by Crippen LogP contribution is -2.24. The summed E-state index contributed by atoms with van der Waals surface area (Å²) in [6.45, 7) is 2.75. The third kappa shape index (κ3) is 4.14. The number of nitrogens with one attached hydrogen (secondary N) is 1. The van der Waals surface area contributed by atoms with Crippen molar-refractivity contribution >= 4 is 40.4 Å². The van der Waals surface area contributed by atoms with Crippen molar-refractivity contribution in [3.05, 3.63) is 23.2 Å². The van der Waals surface area contributed by atoms with E-state index < -0.39 is 0 Å². The average Bonchev–Trinajstić information content (AvgIpc) is 2.78. The molecule has 0 aliphatic rings. The van der Waals surface area contributed by atoms with E-state index in [1.165, 1.54) is 11.8 Å². The second kappa shape index (κ2) is 6.82.